The van der Waals surface area contributed by atoms with E-state index in [2.05, 4.69) is 9.97 Å². The summed E-state index contributed by atoms with van der Waals surface area (Å²) in [7, 11) is 0. The van der Waals surface area contributed by atoms with Crippen LogP contribution in [0.1, 0.15) is 15.4 Å². The lowest BCUT2D eigenvalue weighted by atomic mass is 10.0. The number of fused-ring (bicyclic) bond motifs is 2. The molecule has 5 aromatic rings. The van der Waals surface area contributed by atoms with E-state index in [9.17, 15) is 9.18 Å². The van der Waals surface area contributed by atoms with E-state index in [0.29, 0.717) is 22.2 Å². The minimum atomic E-state index is -0.448. The molecule has 6 heteroatoms. The zero-order chi connectivity index (χ0) is 20.5. The molecule has 0 fully saturated rings. The maximum absolute atomic E-state index is 13.3. The summed E-state index contributed by atoms with van der Waals surface area (Å²) < 4.78 is 19.9. The molecule has 4 nitrogen and oxygen atoms in total. The molecule has 2 heterocycles. The number of carbonyl (C=O) groups excluding carboxylic acids is 1. The van der Waals surface area contributed by atoms with Gasteiger partial charge in [-0.2, -0.15) is 0 Å². The van der Waals surface area contributed by atoms with Gasteiger partial charge in [-0.1, -0.05) is 30.3 Å². The maximum atomic E-state index is 13.3. The lowest BCUT2D eigenvalue weighted by Crippen LogP contribution is -2.07. The van der Waals surface area contributed by atoms with Gasteiger partial charge in [0.05, 0.1) is 27.0 Å². The fourth-order valence-electron chi connectivity index (χ4n) is 3.30. The Bertz CT molecular complexity index is 1350. The van der Waals surface area contributed by atoms with Crippen molar-refractivity contribution in [1.82, 2.24) is 9.97 Å². The Morgan fingerprint density at radius 2 is 1.63 bits per heavy atom. The highest BCUT2D eigenvalue weighted by Gasteiger charge is 2.16. The van der Waals surface area contributed by atoms with E-state index >= 15 is 0 Å². The molecule has 146 valence electrons. The van der Waals surface area contributed by atoms with Crippen LogP contribution in [0.4, 0.5) is 4.39 Å². The number of ether oxygens (including phenoxy) is 1. The Hall–Kier alpha value is -3.64. The average Bonchev–Trinajstić information content (AvgIpc) is 3.20. The minimum Gasteiger partial charge on any atom is -0.455 e. The maximum Gasteiger partial charge on any atom is 0.339 e. The summed E-state index contributed by atoms with van der Waals surface area (Å²) in [6.07, 6.45) is 0. The average molecular weight is 414 g/mol. The van der Waals surface area contributed by atoms with Gasteiger partial charge >= 0.3 is 5.97 Å². The quantitative estimate of drug-likeness (QED) is 0.338. The summed E-state index contributed by atoms with van der Waals surface area (Å²) in [5.41, 5.74) is 3.29. The van der Waals surface area contributed by atoms with Gasteiger partial charge in [0.1, 0.15) is 17.4 Å². The number of benzene rings is 3. The SMILES string of the molecule is O=C(OCc1nc2ccccc2s1)c1cc(-c2ccc(F)cc2)nc2ccccc12. The standard InChI is InChI=1S/C24H15FN2O2S/c25-16-11-9-15(10-12-16)21-13-18(17-5-1-2-6-19(17)26-21)24(28)29-14-23-27-20-7-3-4-8-22(20)30-23/h1-13H,14H2. The number of pyridine rings is 1. The van der Waals surface area contributed by atoms with Crippen LogP contribution in [0.5, 0.6) is 0 Å². The first kappa shape index (κ1) is 18.4. The van der Waals surface area contributed by atoms with Crippen LogP contribution >= 0.6 is 11.3 Å². The number of hydrogen-bond donors (Lipinski definition) is 0. The molecule has 0 atom stereocenters. The summed E-state index contributed by atoms with van der Waals surface area (Å²) in [5.74, 6) is -0.772. The van der Waals surface area contributed by atoms with Crippen molar-refractivity contribution < 1.29 is 13.9 Å². The fraction of sp³-hybridized carbons (Fsp3) is 0.0417. The monoisotopic (exact) mass is 414 g/mol. The summed E-state index contributed by atoms with van der Waals surface area (Å²) in [6.45, 7) is 0.0979. The second kappa shape index (κ2) is 7.65. The Labute approximate surface area is 175 Å². The predicted octanol–water partition coefficient (Wildman–Crippen LogP) is 6.01. The first-order valence-electron chi connectivity index (χ1n) is 9.35. The van der Waals surface area contributed by atoms with Crippen LogP contribution in [-0.4, -0.2) is 15.9 Å². The minimum absolute atomic E-state index is 0.0979. The summed E-state index contributed by atoms with van der Waals surface area (Å²) in [5, 5.41) is 1.44. The molecular weight excluding hydrogens is 399 g/mol. The molecule has 0 aliphatic carbocycles. The van der Waals surface area contributed by atoms with Crippen LogP contribution in [-0.2, 0) is 11.3 Å². The summed E-state index contributed by atoms with van der Waals surface area (Å²) >= 11 is 1.50. The molecule has 0 bridgehead atoms. The topological polar surface area (TPSA) is 52.1 Å². The van der Waals surface area contributed by atoms with E-state index in [4.69, 9.17) is 4.74 Å². The zero-order valence-corrected chi connectivity index (χ0v) is 16.5. The number of esters is 1. The van der Waals surface area contributed by atoms with Gasteiger partial charge in [-0.3, -0.25) is 0 Å². The molecule has 0 amide bonds. The zero-order valence-electron chi connectivity index (χ0n) is 15.7. The van der Waals surface area contributed by atoms with E-state index in [0.717, 1.165) is 20.8 Å². The normalized spacial score (nSPS) is 11.1. The summed E-state index contributed by atoms with van der Waals surface area (Å²) in [6, 6.07) is 22.9. The number of rotatable bonds is 4. The number of para-hydroxylation sites is 2. The van der Waals surface area contributed by atoms with Crippen molar-refractivity contribution in [2.24, 2.45) is 0 Å². The largest absolute Gasteiger partial charge is 0.455 e. The molecule has 0 radical (unpaired) electrons. The van der Waals surface area contributed by atoms with Crippen LogP contribution in [0.25, 0.3) is 32.4 Å². The third kappa shape index (κ3) is 3.53. The van der Waals surface area contributed by atoms with E-state index in [1.165, 1.54) is 23.5 Å². The van der Waals surface area contributed by atoms with Crippen molar-refractivity contribution in [3.05, 3.63) is 95.3 Å². The summed E-state index contributed by atoms with van der Waals surface area (Å²) in [4.78, 5) is 22.1. The molecule has 0 spiro atoms. The molecule has 0 saturated heterocycles. The van der Waals surface area contributed by atoms with Crippen LogP contribution in [0.15, 0.2) is 78.9 Å². The third-order valence-corrected chi connectivity index (χ3v) is 5.75. The molecule has 0 aliphatic heterocycles. The fourth-order valence-corrected chi connectivity index (χ4v) is 4.18. The lowest BCUT2D eigenvalue weighted by Gasteiger charge is -2.09. The lowest BCUT2D eigenvalue weighted by molar-refractivity contribution is 0.0475. The van der Waals surface area contributed by atoms with Crippen molar-refractivity contribution in [1.29, 1.82) is 0 Å². The van der Waals surface area contributed by atoms with Crippen molar-refractivity contribution >= 4 is 38.4 Å². The number of aromatic nitrogens is 2. The highest BCUT2D eigenvalue weighted by molar-refractivity contribution is 7.18. The van der Waals surface area contributed by atoms with E-state index in [1.54, 1.807) is 18.2 Å². The Balaban J connectivity index is 1.48. The van der Waals surface area contributed by atoms with Gasteiger partial charge < -0.3 is 4.74 Å². The molecule has 30 heavy (non-hydrogen) atoms. The Kier molecular flexibility index (Phi) is 4.69. The van der Waals surface area contributed by atoms with Crippen molar-refractivity contribution in [2.75, 3.05) is 0 Å². The van der Waals surface area contributed by atoms with Gasteiger partial charge in [0.2, 0.25) is 0 Å². The van der Waals surface area contributed by atoms with Gasteiger partial charge in [-0.25, -0.2) is 19.2 Å². The van der Waals surface area contributed by atoms with Gasteiger partial charge in [0, 0.05) is 10.9 Å². The van der Waals surface area contributed by atoms with Gasteiger partial charge in [0.15, 0.2) is 0 Å². The second-order valence-electron chi connectivity index (χ2n) is 6.73. The number of carbonyl (C=O) groups is 1. The van der Waals surface area contributed by atoms with Crippen LogP contribution in [0.3, 0.4) is 0 Å². The number of thiazole rings is 1. The predicted molar refractivity (Wildman–Crippen MR) is 116 cm³/mol. The van der Waals surface area contributed by atoms with Crippen molar-refractivity contribution in [3.8, 4) is 11.3 Å². The first-order valence-corrected chi connectivity index (χ1v) is 10.2. The molecule has 0 aliphatic rings. The van der Waals surface area contributed by atoms with E-state index < -0.39 is 5.97 Å². The van der Waals surface area contributed by atoms with Gasteiger partial charge in [0.25, 0.3) is 0 Å². The molecule has 0 saturated carbocycles. The third-order valence-electron chi connectivity index (χ3n) is 4.74. The molecule has 0 N–H and O–H groups in total. The highest BCUT2D eigenvalue weighted by atomic mass is 32.1. The van der Waals surface area contributed by atoms with Crippen LogP contribution < -0.4 is 0 Å². The van der Waals surface area contributed by atoms with Crippen molar-refractivity contribution in [3.63, 3.8) is 0 Å². The number of nitrogens with zero attached hydrogens (tertiary/aromatic N) is 2. The number of hydrogen-bond acceptors (Lipinski definition) is 5. The highest BCUT2D eigenvalue weighted by Crippen LogP contribution is 2.27. The van der Waals surface area contributed by atoms with Crippen molar-refractivity contribution in [2.45, 2.75) is 6.61 Å². The first-order chi connectivity index (χ1) is 14.7. The molecular formula is C24H15FN2O2S. The van der Waals surface area contributed by atoms with Crippen LogP contribution in [0.2, 0.25) is 0 Å². The molecule has 2 aromatic heterocycles. The Morgan fingerprint density at radius 3 is 2.43 bits per heavy atom. The number of halogens is 1. The smallest absolute Gasteiger partial charge is 0.339 e. The van der Waals surface area contributed by atoms with Crippen LogP contribution in [0, 0.1) is 5.82 Å². The van der Waals surface area contributed by atoms with E-state index in [-0.39, 0.29) is 12.4 Å². The molecule has 5 rings (SSSR count). The van der Waals surface area contributed by atoms with E-state index in [1.807, 2.05) is 48.5 Å². The second-order valence-corrected chi connectivity index (χ2v) is 7.85. The molecule has 0 unspecified atom stereocenters. The van der Waals surface area contributed by atoms with Gasteiger partial charge in [-0.05, 0) is 48.5 Å². The van der Waals surface area contributed by atoms with Gasteiger partial charge in [-0.15, -0.1) is 11.3 Å². The Morgan fingerprint density at radius 1 is 0.900 bits per heavy atom. The molecule has 3 aromatic carbocycles.